The number of likely N-dealkylation sites (N-methyl/N-ethyl adjacent to an activating group) is 1. The maximum absolute atomic E-state index is 9.92. The summed E-state index contributed by atoms with van der Waals surface area (Å²) in [6, 6.07) is 0.283. The Morgan fingerprint density at radius 1 is 1.26 bits per heavy atom. The predicted molar refractivity (Wildman–Crippen MR) is 74.7 cm³/mol. The largest absolute Gasteiger partial charge is 0.464 e. The van der Waals surface area contributed by atoms with Crippen molar-refractivity contribution in [2.75, 3.05) is 37.0 Å². The van der Waals surface area contributed by atoms with Crippen LogP contribution in [0.5, 0.6) is 6.01 Å². The molecule has 2 N–H and O–H groups in total. The second-order valence-electron chi connectivity index (χ2n) is 4.75. The highest BCUT2D eigenvalue weighted by atomic mass is 16.5. The van der Waals surface area contributed by atoms with Crippen molar-refractivity contribution >= 4 is 11.9 Å². The van der Waals surface area contributed by atoms with Crippen LogP contribution in [-0.2, 0) is 0 Å². The van der Waals surface area contributed by atoms with Gasteiger partial charge in [0.15, 0.2) is 0 Å². The van der Waals surface area contributed by atoms with Gasteiger partial charge in [-0.1, -0.05) is 0 Å². The van der Waals surface area contributed by atoms with Crippen molar-refractivity contribution in [3.05, 3.63) is 0 Å². The minimum atomic E-state index is -0.825. The average molecular weight is 269 g/mol. The molecule has 0 bridgehead atoms. The quantitative estimate of drug-likeness (QED) is 0.761. The summed E-state index contributed by atoms with van der Waals surface area (Å²) in [6.45, 7) is 8.96. The molecule has 0 aliphatic rings. The summed E-state index contributed by atoms with van der Waals surface area (Å²) in [5.41, 5.74) is -0.825. The van der Waals surface area contributed by atoms with E-state index in [1.165, 1.54) is 0 Å². The van der Waals surface area contributed by atoms with E-state index in [0.717, 1.165) is 0 Å². The van der Waals surface area contributed by atoms with Crippen molar-refractivity contribution in [3.8, 4) is 6.01 Å². The van der Waals surface area contributed by atoms with Gasteiger partial charge in [-0.15, -0.1) is 0 Å². The minimum Gasteiger partial charge on any atom is -0.464 e. The Bertz CT molecular complexity index is 406. The van der Waals surface area contributed by atoms with Crippen molar-refractivity contribution in [1.29, 1.82) is 0 Å². The van der Waals surface area contributed by atoms with E-state index in [9.17, 15) is 5.11 Å². The lowest BCUT2D eigenvalue weighted by Gasteiger charge is -2.28. The van der Waals surface area contributed by atoms with Gasteiger partial charge >= 0.3 is 6.01 Å². The Kier molecular flexibility index (Phi) is 5.29. The third kappa shape index (κ3) is 4.86. The number of ether oxygens (including phenoxy) is 1. The molecule has 0 aliphatic heterocycles. The summed E-state index contributed by atoms with van der Waals surface area (Å²) in [6.07, 6.45) is 0. The molecule has 1 heterocycles. The first kappa shape index (κ1) is 15.4. The maximum Gasteiger partial charge on any atom is 0.323 e. The van der Waals surface area contributed by atoms with E-state index in [0.29, 0.717) is 31.6 Å². The standard InChI is InChI=1S/C12H23N5O2/c1-6-17(8-12(3,4)18)10-14-9(13-5)15-11(16-10)19-7-2/h18H,6-8H2,1-5H3,(H,13,14,15,16). The van der Waals surface area contributed by atoms with Crippen LogP contribution in [0.2, 0.25) is 0 Å². The molecule has 1 aromatic rings. The number of nitrogens with one attached hydrogen (secondary N) is 1. The van der Waals surface area contributed by atoms with Crippen molar-refractivity contribution in [3.63, 3.8) is 0 Å². The summed E-state index contributed by atoms with van der Waals surface area (Å²) >= 11 is 0. The van der Waals surface area contributed by atoms with E-state index in [1.807, 2.05) is 18.7 Å². The Morgan fingerprint density at radius 3 is 2.42 bits per heavy atom. The molecule has 0 aromatic carbocycles. The molecule has 0 fully saturated rings. The molecule has 0 unspecified atom stereocenters. The molecule has 0 saturated carbocycles. The van der Waals surface area contributed by atoms with Crippen LogP contribution in [0, 0.1) is 0 Å². The fourth-order valence-electron chi connectivity index (χ4n) is 1.58. The van der Waals surface area contributed by atoms with Crippen LogP contribution in [0.3, 0.4) is 0 Å². The lowest BCUT2D eigenvalue weighted by molar-refractivity contribution is 0.0871. The third-order valence-electron chi connectivity index (χ3n) is 2.34. The third-order valence-corrected chi connectivity index (χ3v) is 2.34. The molecule has 19 heavy (non-hydrogen) atoms. The zero-order valence-electron chi connectivity index (χ0n) is 12.3. The molecule has 0 atom stereocenters. The molecule has 0 aliphatic carbocycles. The Balaban J connectivity index is 3.04. The molecule has 0 spiro atoms. The zero-order valence-corrected chi connectivity index (χ0v) is 12.3. The summed E-state index contributed by atoms with van der Waals surface area (Å²) in [5, 5.41) is 12.8. The number of aliphatic hydroxyl groups is 1. The second kappa shape index (κ2) is 6.51. The summed E-state index contributed by atoms with van der Waals surface area (Å²) in [7, 11) is 1.74. The van der Waals surface area contributed by atoms with Gasteiger partial charge in [0.1, 0.15) is 0 Å². The van der Waals surface area contributed by atoms with Crippen molar-refractivity contribution in [2.45, 2.75) is 33.3 Å². The Labute approximate surface area is 114 Å². The normalized spacial score (nSPS) is 11.3. The smallest absolute Gasteiger partial charge is 0.323 e. The monoisotopic (exact) mass is 269 g/mol. The molecule has 1 aromatic heterocycles. The van der Waals surface area contributed by atoms with Gasteiger partial charge in [0.05, 0.1) is 12.2 Å². The van der Waals surface area contributed by atoms with Gasteiger partial charge in [-0.25, -0.2) is 0 Å². The van der Waals surface area contributed by atoms with Crippen LogP contribution >= 0.6 is 0 Å². The van der Waals surface area contributed by atoms with Gasteiger partial charge < -0.3 is 20.1 Å². The average Bonchev–Trinajstić information content (AvgIpc) is 2.34. The number of anilines is 2. The molecule has 1 rings (SSSR count). The zero-order chi connectivity index (χ0) is 14.5. The number of hydrogen-bond donors (Lipinski definition) is 2. The second-order valence-corrected chi connectivity index (χ2v) is 4.75. The van der Waals surface area contributed by atoms with Crippen LogP contribution < -0.4 is 15.0 Å². The van der Waals surface area contributed by atoms with Crippen molar-refractivity contribution < 1.29 is 9.84 Å². The topological polar surface area (TPSA) is 83.4 Å². The van der Waals surface area contributed by atoms with Gasteiger partial charge in [0, 0.05) is 20.1 Å². The number of aromatic nitrogens is 3. The molecular formula is C12H23N5O2. The molecule has 0 amide bonds. The van der Waals surface area contributed by atoms with Gasteiger partial charge in [-0.05, 0) is 27.7 Å². The van der Waals surface area contributed by atoms with Gasteiger partial charge in [0.25, 0.3) is 0 Å². The number of nitrogens with zero attached hydrogens (tertiary/aromatic N) is 4. The van der Waals surface area contributed by atoms with Crippen LogP contribution in [0.1, 0.15) is 27.7 Å². The molecule has 0 saturated heterocycles. The highest BCUT2D eigenvalue weighted by molar-refractivity contribution is 5.38. The van der Waals surface area contributed by atoms with Crippen molar-refractivity contribution in [1.82, 2.24) is 15.0 Å². The van der Waals surface area contributed by atoms with Crippen LogP contribution in [-0.4, -0.2) is 52.4 Å². The molecule has 108 valence electrons. The SMILES string of the molecule is CCOc1nc(NC)nc(N(CC)CC(C)(C)O)n1. The van der Waals surface area contributed by atoms with Crippen molar-refractivity contribution in [2.24, 2.45) is 0 Å². The fraction of sp³-hybridized carbons (Fsp3) is 0.750. The predicted octanol–water partition coefficient (Wildman–Crippen LogP) is 0.909. The molecule has 7 nitrogen and oxygen atoms in total. The van der Waals surface area contributed by atoms with Gasteiger partial charge in [0.2, 0.25) is 11.9 Å². The fourth-order valence-corrected chi connectivity index (χ4v) is 1.58. The van der Waals surface area contributed by atoms with Crippen LogP contribution in [0.15, 0.2) is 0 Å². The lowest BCUT2D eigenvalue weighted by Crippen LogP contribution is -2.39. The highest BCUT2D eigenvalue weighted by Crippen LogP contribution is 2.17. The minimum absolute atomic E-state index is 0.283. The Morgan fingerprint density at radius 2 is 1.95 bits per heavy atom. The number of rotatable bonds is 7. The highest BCUT2D eigenvalue weighted by Gasteiger charge is 2.20. The Hall–Kier alpha value is -1.63. The number of hydrogen-bond acceptors (Lipinski definition) is 7. The summed E-state index contributed by atoms with van der Waals surface area (Å²) < 4.78 is 5.32. The maximum atomic E-state index is 9.92. The summed E-state index contributed by atoms with van der Waals surface area (Å²) in [5.74, 6) is 0.940. The van der Waals surface area contributed by atoms with E-state index >= 15 is 0 Å². The van der Waals surface area contributed by atoms with Gasteiger partial charge in [-0.2, -0.15) is 15.0 Å². The lowest BCUT2D eigenvalue weighted by atomic mass is 10.1. The van der Waals surface area contributed by atoms with Gasteiger partial charge in [-0.3, -0.25) is 0 Å². The molecule has 7 heteroatoms. The summed E-state index contributed by atoms with van der Waals surface area (Å²) in [4.78, 5) is 14.5. The van der Waals surface area contributed by atoms with Crippen LogP contribution in [0.25, 0.3) is 0 Å². The van der Waals surface area contributed by atoms with E-state index in [2.05, 4.69) is 20.3 Å². The van der Waals surface area contributed by atoms with E-state index in [-0.39, 0.29) is 6.01 Å². The van der Waals surface area contributed by atoms with E-state index in [4.69, 9.17) is 4.74 Å². The van der Waals surface area contributed by atoms with E-state index < -0.39 is 5.60 Å². The molecular weight excluding hydrogens is 246 g/mol. The van der Waals surface area contributed by atoms with E-state index in [1.54, 1.807) is 20.9 Å². The first-order chi connectivity index (χ1) is 8.89. The van der Waals surface area contributed by atoms with Crippen LogP contribution in [0.4, 0.5) is 11.9 Å². The first-order valence-corrected chi connectivity index (χ1v) is 6.43. The molecule has 0 radical (unpaired) electrons. The first-order valence-electron chi connectivity index (χ1n) is 6.43.